The first-order chi connectivity index (χ1) is 9.40. The second-order valence-electron chi connectivity index (χ2n) is 3.98. The zero-order valence-electron chi connectivity index (χ0n) is 9.97. The number of nitrogens with two attached hydrogens (primary N) is 1. The highest BCUT2D eigenvalue weighted by Crippen LogP contribution is 2.24. The van der Waals surface area contributed by atoms with Crippen LogP contribution in [-0.2, 0) is 0 Å². The minimum Gasteiger partial charge on any atom is -0.393 e. The van der Waals surface area contributed by atoms with E-state index >= 15 is 0 Å². The lowest BCUT2D eigenvalue weighted by Gasteiger charge is -2.04. The Labute approximate surface area is 111 Å². The highest BCUT2D eigenvalue weighted by molar-refractivity contribution is 6.09. The molecule has 20 heavy (non-hydrogen) atoms. The number of rotatable bonds is 3. The summed E-state index contributed by atoms with van der Waals surface area (Å²) in [5.41, 5.74) is 4.34. The number of carbonyl (C=O) groups excluding carboxylic acids is 1. The largest absolute Gasteiger partial charge is 0.393 e. The van der Waals surface area contributed by atoms with E-state index in [9.17, 15) is 23.7 Å². The van der Waals surface area contributed by atoms with Gasteiger partial charge in [0.05, 0.1) is 10.5 Å². The van der Waals surface area contributed by atoms with Crippen LogP contribution in [0.5, 0.6) is 0 Å². The number of nitro groups is 1. The molecule has 2 aromatic rings. The zero-order chi connectivity index (χ0) is 14.9. The molecule has 0 aliphatic rings. The van der Waals surface area contributed by atoms with Gasteiger partial charge in [-0.3, -0.25) is 14.9 Å². The van der Waals surface area contributed by atoms with E-state index in [-0.39, 0.29) is 16.9 Å². The Bertz CT molecular complexity index is 717. The predicted molar refractivity (Wildman–Crippen MR) is 67.3 cm³/mol. The first-order valence-electron chi connectivity index (χ1n) is 5.44. The molecule has 0 aromatic heterocycles. The normalized spacial score (nSPS) is 10.3. The van der Waals surface area contributed by atoms with Crippen LogP contribution >= 0.6 is 0 Å². The lowest BCUT2D eigenvalue weighted by molar-refractivity contribution is -0.383. The SMILES string of the molecule is Nc1cc(C(=O)c2cc(F)ccc2F)ccc1[N+](=O)[O-]. The molecule has 0 heterocycles. The Morgan fingerprint density at radius 2 is 1.85 bits per heavy atom. The topological polar surface area (TPSA) is 86.2 Å². The van der Waals surface area contributed by atoms with Crippen LogP contribution in [0.15, 0.2) is 36.4 Å². The van der Waals surface area contributed by atoms with Crippen LogP contribution in [0, 0.1) is 21.7 Å². The molecular weight excluding hydrogens is 270 g/mol. The van der Waals surface area contributed by atoms with E-state index in [0.717, 1.165) is 36.4 Å². The molecule has 7 heteroatoms. The third-order valence-corrected chi connectivity index (χ3v) is 2.66. The van der Waals surface area contributed by atoms with Crippen molar-refractivity contribution >= 4 is 17.2 Å². The molecule has 0 saturated heterocycles. The molecule has 0 atom stereocenters. The van der Waals surface area contributed by atoms with Gasteiger partial charge < -0.3 is 5.73 Å². The summed E-state index contributed by atoms with van der Waals surface area (Å²) in [6.45, 7) is 0. The highest BCUT2D eigenvalue weighted by atomic mass is 19.1. The maximum absolute atomic E-state index is 13.5. The summed E-state index contributed by atoms with van der Waals surface area (Å²) in [5, 5.41) is 10.6. The van der Waals surface area contributed by atoms with E-state index in [0.29, 0.717) is 0 Å². The summed E-state index contributed by atoms with van der Waals surface area (Å²) in [5.74, 6) is -2.44. The van der Waals surface area contributed by atoms with Crippen LogP contribution in [0.4, 0.5) is 20.2 Å². The molecule has 5 nitrogen and oxygen atoms in total. The monoisotopic (exact) mass is 278 g/mol. The number of hydrogen-bond acceptors (Lipinski definition) is 4. The summed E-state index contributed by atoms with van der Waals surface area (Å²) >= 11 is 0. The van der Waals surface area contributed by atoms with Gasteiger partial charge in [0, 0.05) is 11.6 Å². The van der Waals surface area contributed by atoms with Crippen molar-refractivity contribution in [3.63, 3.8) is 0 Å². The molecule has 0 saturated carbocycles. The van der Waals surface area contributed by atoms with Gasteiger partial charge in [0.25, 0.3) is 5.69 Å². The van der Waals surface area contributed by atoms with E-state index in [4.69, 9.17) is 5.73 Å². The molecule has 0 unspecified atom stereocenters. The van der Waals surface area contributed by atoms with Crippen molar-refractivity contribution in [2.24, 2.45) is 0 Å². The number of nitrogens with zero attached hydrogens (tertiary/aromatic N) is 1. The number of anilines is 1. The fourth-order valence-electron chi connectivity index (χ4n) is 1.69. The van der Waals surface area contributed by atoms with E-state index in [1.807, 2.05) is 0 Å². The molecule has 0 aliphatic carbocycles. The smallest absolute Gasteiger partial charge is 0.292 e. The average Bonchev–Trinajstić information content (AvgIpc) is 2.40. The molecule has 0 fully saturated rings. The van der Waals surface area contributed by atoms with Gasteiger partial charge in [0.15, 0.2) is 5.78 Å². The minimum atomic E-state index is -0.881. The summed E-state index contributed by atoms with van der Waals surface area (Å²) in [6.07, 6.45) is 0. The standard InChI is InChI=1S/C13H8F2N2O3/c14-8-2-3-10(15)9(6-8)13(18)7-1-4-12(17(19)20)11(16)5-7/h1-6H,16H2. The molecule has 2 rings (SSSR count). The van der Waals surface area contributed by atoms with Gasteiger partial charge in [-0.1, -0.05) is 0 Å². The van der Waals surface area contributed by atoms with Crippen LogP contribution in [0.3, 0.4) is 0 Å². The number of ketones is 1. The predicted octanol–water partition coefficient (Wildman–Crippen LogP) is 2.69. The van der Waals surface area contributed by atoms with Crippen LogP contribution < -0.4 is 5.73 Å². The number of benzene rings is 2. The Hall–Kier alpha value is -2.83. The second kappa shape index (κ2) is 5.04. The van der Waals surface area contributed by atoms with Crippen LogP contribution in [-0.4, -0.2) is 10.7 Å². The maximum Gasteiger partial charge on any atom is 0.292 e. The molecule has 0 bridgehead atoms. The van der Waals surface area contributed by atoms with Crippen LogP contribution in [0.25, 0.3) is 0 Å². The van der Waals surface area contributed by atoms with Crippen molar-refractivity contribution in [2.75, 3.05) is 5.73 Å². The van der Waals surface area contributed by atoms with Crippen molar-refractivity contribution in [1.29, 1.82) is 0 Å². The minimum absolute atomic E-state index is 0.0578. The van der Waals surface area contributed by atoms with E-state index in [1.165, 1.54) is 0 Å². The van der Waals surface area contributed by atoms with Crippen LogP contribution in [0.2, 0.25) is 0 Å². The molecule has 0 spiro atoms. The fraction of sp³-hybridized carbons (Fsp3) is 0. The van der Waals surface area contributed by atoms with Crippen molar-refractivity contribution < 1.29 is 18.5 Å². The van der Waals surface area contributed by atoms with Crippen molar-refractivity contribution in [3.05, 3.63) is 69.3 Å². The van der Waals surface area contributed by atoms with E-state index < -0.39 is 27.9 Å². The average molecular weight is 278 g/mol. The molecule has 102 valence electrons. The third kappa shape index (κ3) is 2.46. The number of hydrogen-bond donors (Lipinski definition) is 1. The first kappa shape index (κ1) is 13.6. The number of nitrogen functional groups attached to an aromatic ring is 1. The quantitative estimate of drug-likeness (QED) is 0.405. The Balaban J connectivity index is 2.46. The van der Waals surface area contributed by atoms with Gasteiger partial charge in [-0.05, 0) is 30.3 Å². The van der Waals surface area contributed by atoms with E-state index in [2.05, 4.69) is 0 Å². The van der Waals surface area contributed by atoms with Crippen molar-refractivity contribution in [3.8, 4) is 0 Å². The summed E-state index contributed by atoms with van der Waals surface area (Å²) in [4.78, 5) is 21.9. The maximum atomic E-state index is 13.5. The van der Waals surface area contributed by atoms with Gasteiger partial charge in [0.2, 0.25) is 0 Å². The van der Waals surface area contributed by atoms with Gasteiger partial charge in [-0.25, -0.2) is 8.78 Å². The van der Waals surface area contributed by atoms with Crippen LogP contribution in [0.1, 0.15) is 15.9 Å². The number of nitro benzene ring substituents is 1. The molecule has 2 N–H and O–H groups in total. The van der Waals surface area contributed by atoms with Gasteiger partial charge in [-0.15, -0.1) is 0 Å². The van der Waals surface area contributed by atoms with Crippen molar-refractivity contribution in [2.45, 2.75) is 0 Å². The van der Waals surface area contributed by atoms with E-state index in [1.54, 1.807) is 0 Å². The number of halogens is 2. The lowest BCUT2D eigenvalue weighted by atomic mass is 10.0. The zero-order valence-corrected chi connectivity index (χ0v) is 9.97. The highest BCUT2D eigenvalue weighted by Gasteiger charge is 2.18. The Kier molecular flexibility index (Phi) is 3.43. The van der Waals surface area contributed by atoms with Crippen molar-refractivity contribution in [1.82, 2.24) is 0 Å². The lowest BCUT2D eigenvalue weighted by Crippen LogP contribution is -2.06. The molecule has 2 aromatic carbocycles. The Morgan fingerprint density at radius 1 is 1.15 bits per heavy atom. The summed E-state index contributed by atoms with van der Waals surface area (Å²) in [6, 6.07) is 5.72. The fourth-order valence-corrected chi connectivity index (χ4v) is 1.69. The van der Waals surface area contributed by atoms with Gasteiger partial charge in [0.1, 0.15) is 17.3 Å². The van der Waals surface area contributed by atoms with Gasteiger partial charge in [-0.2, -0.15) is 0 Å². The molecule has 0 amide bonds. The molecule has 0 aliphatic heterocycles. The first-order valence-corrected chi connectivity index (χ1v) is 5.44. The molecule has 0 radical (unpaired) electrons. The number of carbonyl (C=O) groups is 1. The Morgan fingerprint density at radius 3 is 2.45 bits per heavy atom. The van der Waals surface area contributed by atoms with Gasteiger partial charge >= 0.3 is 0 Å². The summed E-state index contributed by atoms with van der Waals surface area (Å²) in [7, 11) is 0. The third-order valence-electron chi connectivity index (χ3n) is 2.66. The second-order valence-corrected chi connectivity index (χ2v) is 3.98. The summed E-state index contributed by atoms with van der Waals surface area (Å²) < 4.78 is 26.5. The molecular formula is C13H8F2N2O3.